The Morgan fingerprint density at radius 3 is 2.72 bits per heavy atom. The third kappa shape index (κ3) is 3.46. The Labute approximate surface area is 113 Å². The van der Waals surface area contributed by atoms with Crippen molar-refractivity contribution in [3.63, 3.8) is 0 Å². The highest BCUT2D eigenvalue weighted by atomic mass is 15.3. The van der Waals surface area contributed by atoms with E-state index in [0.717, 1.165) is 17.9 Å². The Kier molecular flexibility index (Phi) is 5.05. The number of nitrogens with zero attached hydrogens (tertiary/aromatic N) is 2. The lowest BCUT2D eigenvalue weighted by Crippen LogP contribution is -2.53. The second-order valence-electron chi connectivity index (χ2n) is 6.64. The minimum absolute atomic E-state index is 0.445. The third-order valence-corrected chi connectivity index (χ3v) is 5.13. The summed E-state index contributed by atoms with van der Waals surface area (Å²) in [4.78, 5) is 5.18. The Balaban J connectivity index is 1.85. The first-order valence-electron chi connectivity index (χ1n) is 7.78. The molecule has 2 rings (SSSR count). The number of piperazine rings is 1. The number of hydrogen-bond donors (Lipinski definition) is 1. The molecule has 0 aromatic rings. The van der Waals surface area contributed by atoms with Crippen molar-refractivity contribution in [2.45, 2.75) is 51.6 Å². The van der Waals surface area contributed by atoms with E-state index in [0.29, 0.717) is 6.04 Å². The second-order valence-corrected chi connectivity index (χ2v) is 6.64. The zero-order valence-corrected chi connectivity index (χ0v) is 12.4. The van der Waals surface area contributed by atoms with E-state index in [-0.39, 0.29) is 0 Å². The molecule has 3 heteroatoms. The van der Waals surface area contributed by atoms with Crippen molar-refractivity contribution in [2.24, 2.45) is 17.6 Å². The SMILES string of the molecule is CCC1CN(CC2CC(C)CCC2N)CCN1C. The first-order valence-corrected chi connectivity index (χ1v) is 7.78. The summed E-state index contributed by atoms with van der Waals surface area (Å²) < 4.78 is 0. The fourth-order valence-corrected chi connectivity index (χ4v) is 3.68. The van der Waals surface area contributed by atoms with Crippen molar-refractivity contribution in [1.82, 2.24) is 9.80 Å². The highest BCUT2D eigenvalue weighted by molar-refractivity contribution is 4.86. The molecule has 0 bridgehead atoms. The van der Waals surface area contributed by atoms with Crippen LogP contribution >= 0.6 is 0 Å². The van der Waals surface area contributed by atoms with Crippen LogP contribution in [0.4, 0.5) is 0 Å². The summed E-state index contributed by atoms with van der Waals surface area (Å²) in [5.74, 6) is 1.61. The van der Waals surface area contributed by atoms with E-state index < -0.39 is 0 Å². The van der Waals surface area contributed by atoms with Gasteiger partial charge in [-0.2, -0.15) is 0 Å². The maximum atomic E-state index is 6.32. The first kappa shape index (κ1) is 14.3. The van der Waals surface area contributed by atoms with Crippen LogP contribution in [0, 0.1) is 11.8 Å². The molecule has 0 aromatic heterocycles. The maximum Gasteiger partial charge on any atom is 0.0218 e. The molecule has 4 unspecified atom stereocenters. The summed E-state index contributed by atoms with van der Waals surface area (Å²) in [5, 5.41) is 0. The lowest BCUT2D eigenvalue weighted by molar-refractivity contribution is 0.0679. The van der Waals surface area contributed by atoms with Crippen LogP contribution in [0.1, 0.15) is 39.5 Å². The number of hydrogen-bond acceptors (Lipinski definition) is 3. The largest absolute Gasteiger partial charge is 0.327 e. The van der Waals surface area contributed by atoms with Gasteiger partial charge in [0.1, 0.15) is 0 Å². The number of rotatable bonds is 3. The second kappa shape index (κ2) is 6.36. The molecule has 0 radical (unpaired) electrons. The Morgan fingerprint density at radius 1 is 1.22 bits per heavy atom. The molecule has 4 atom stereocenters. The molecule has 0 aromatic carbocycles. The molecule has 2 fully saturated rings. The van der Waals surface area contributed by atoms with Crippen LogP contribution in [0.3, 0.4) is 0 Å². The normalized spacial score (nSPS) is 40.0. The smallest absolute Gasteiger partial charge is 0.0218 e. The van der Waals surface area contributed by atoms with Gasteiger partial charge in [-0.3, -0.25) is 0 Å². The van der Waals surface area contributed by atoms with Gasteiger partial charge in [-0.15, -0.1) is 0 Å². The third-order valence-electron chi connectivity index (χ3n) is 5.13. The summed E-state index contributed by atoms with van der Waals surface area (Å²) in [6.07, 6.45) is 5.17. The molecular formula is C15H31N3. The van der Waals surface area contributed by atoms with Crippen LogP contribution in [-0.4, -0.2) is 55.1 Å². The van der Waals surface area contributed by atoms with Crippen molar-refractivity contribution in [2.75, 3.05) is 33.2 Å². The van der Waals surface area contributed by atoms with Crippen LogP contribution in [0.15, 0.2) is 0 Å². The Bertz CT molecular complexity index is 256. The zero-order chi connectivity index (χ0) is 13.1. The molecule has 0 spiro atoms. The molecule has 18 heavy (non-hydrogen) atoms. The molecule has 1 saturated carbocycles. The average Bonchev–Trinajstić information content (AvgIpc) is 2.36. The molecule has 1 saturated heterocycles. The predicted molar refractivity (Wildman–Crippen MR) is 77.6 cm³/mol. The molecule has 1 heterocycles. The minimum atomic E-state index is 0.445. The van der Waals surface area contributed by atoms with Gasteiger partial charge in [0, 0.05) is 38.3 Å². The Morgan fingerprint density at radius 2 is 2.00 bits per heavy atom. The van der Waals surface area contributed by atoms with Crippen molar-refractivity contribution in [3.05, 3.63) is 0 Å². The molecule has 0 amide bonds. The number of likely N-dealkylation sites (N-methyl/N-ethyl adjacent to an activating group) is 1. The summed E-state index contributed by atoms with van der Waals surface area (Å²) in [6, 6.07) is 1.19. The average molecular weight is 253 g/mol. The van der Waals surface area contributed by atoms with E-state index in [9.17, 15) is 0 Å². The van der Waals surface area contributed by atoms with Gasteiger partial charge >= 0.3 is 0 Å². The van der Waals surface area contributed by atoms with E-state index in [1.165, 1.54) is 51.9 Å². The summed E-state index contributed by atoms with van der Waals surface area (Å²) in [6.45, 7) is 9.61. The monoisotopic (exact) mass is 253 g/mol. The van der Waals surface area contributed by atoms with Crippen molar-refractivity contribution >= 4 is 0 Å². The topological polar surface area (TPSA) is 32.5 Å². The van der Waals surface area contributed by atoms with Crippen LogP contribution in [-0.2, 0) is 0 Å². The summed E-state index contributed by atoms with van der Waals surface area (Å²) in [7, 11) is 2.26. The van der Waals surface area contributed by atoms with E-state index in [4.69, 9.17) is 5.73 Å². The first-order chi connectivity index (χ1) is 8.60. The lowest BCUT2D eigenvalue weighted by atomic mass is 9.79. The standard InChI is InChI=1S/C15H31N3/c1-4-14-11-18(8-7-17(14)3)10-13-9-12(2)5-6-15(13)16/h12-15H,4-11,16H2,1-3H3. The molecule has 1 aliphatic carbocycles. The molecule has 2 N–H and O–H groups in total. The van der Waals surface area contributed by atoms with Crippen LogP contribution in [0.5, 0.6) is 0 Å². The van der Waals surface area contributed by atoms with Gasteiger partial charge in [0.2, 0.25) is 0 Å². The van der Waals surface area contributed by atoms with Crippen LogP contribution < -0.4 is 5.73 Å². The fourth-order valence-electron chi connectivity index (χ4n) is 3.68. The molecule has 2 aliphatic rings. The van der Waals surface area contributed by atoms with Crippen LogP contribution in [0.25, 0.3) is 0 Å². The maximum absolute atomic E-state index is 6.32. The molecule has 1 aliphatic heterocycles. The van der Waals surface area contributed by atoms with E-state index in [2.05, 4.69) is 30.7 Å². The van der Waals surface area contributed by atoms with Gasteiger partial charge in [-0.05, 0) is 44.6 Å². The lowest BCUT2D eigenvalue weighted by Gasteiger charge is -2.42. The fraction of sp³-hybridized carbons (Fsp3) is 1.00. The highest BCUT2D eigenvalue weighted by Crippen LogP contribution is 2.29. The van der Waals surface area contributed by atoms with Crippen LogP contribution in [0.2, 0.25) is 0 Å². The Hall–Kier alpha value is -0.120. The van der Waals surface area contributed by atoms with Crippen molar-refractivity contribution < 1.29 is 0 Å². The number of nitrogens with two attached hydrogens (primary N) is 1. The highest BCUT2D eigenvalue weighted by Gasteiger charge is 2.30. The van der Waals surface area contributed by atoms with E-state index in [1.54, 1.807) is 0 Å². The van der Waals surface area contributed by atoms with Gasteiger partial charge in [-0.1, -0.05) is 13.8 Å². The van der Waals surface area contributed by atoms with Gasteiger partial charge in [0.15, 0.2) is 0 Å². The van der Waals surface area contributed by atoms with E-state index in [1.807, 2.05) is 0 Å². The molecule has 3 nitrogen and oxygen atoms in total. The van der Waals surface area contributed by atoms with Gasteiger partial charge in [-0.25, -0.2) is 0 Å². The molecular weight excluding hydrogens is 222 g/mol. The van der Waals surface area contributed by atoms with Gasteiger partial charge in [0.05, 0.1) is 0 Å². The predicted octanol–water partition coefficient (Wildman–Crippen LogP) is 1.78. The van der Waals surface area contributed by atoms with E-state index >= 15 is 0 Å². The minimum Gasteiger partial charge on any atom is -0.327 e. The van der Waals surface area contributed by atoms with Gasteiger partial charge in [0.25, 0.3) is 0 Å². The quantitative estimate of drug-likeness (QED) is 0.832. The van der Waals surface area contributed by atoms with Crippen molar-refractivity contribution in [1.29, 1.82) is 0 Å². The van der Waals surface area contributed by atoms with Crippen molar-refractivity contribution in [3.8, 4) is 0 Å². The summed E-state index contributed by atoms with van der Waals surface area (Å²) >= 11 is 0. The molecule has 106 valence electrons. The van der Waals surface area contributed by atoms with Gasteiger partial charge < -0.3 is 15.5 Å². The zero-order valence-electron chi connectivity index (χ0n) is 12.4. The summed E-state index contributed by atoms with van der Waals surface area (Å²) in [5.41, 5.74) is 6.32.